The Labute approximate surface area is 91.9 Å². The predicted molar refractivity (Wildman–Crippen MR) is 58.4 cm³/mol. The predicted octanol–water partition coefficient (Wildman–Crippen LogP) is 1.68. The Morgan fingerprint density at radius 2 is 2.07 bits per heavy atom. The number of hydrogen-bond acceptors (Lipinski definition) is 2. The number of benzene rings is 1. The van der Waals surface area contributed by atoms with E-state index in [9.17, 15) is 4.21 Å². The van der Waals surface area contributed by atoms with E-state index in [-0.39, 0.29) is 0 Å². The topological polar surface area (TPSA) is 44.1 Å². The second-order valence-electron chi connectivity index (χ2n) is 3.52. The lowest BCUT2D eigenvalue weighted by Gasteiger charge is -2.13. The Morgan fingerprint density at radius 3 is 2.73 bits per heavy atom. The Bertz CT molecular complexity index is 419. The summed E-state index contributed by atoms with van der Waals surface area (Å²) in [5.41, 5.74) is 0.569. The van der Waals surface area contributed by atoms with E-state index < -0.39 is 11.0 Å². The number of hydrogen-bond donors (Lipinski definition) is 0. The molecule has 78 valence electrons. The van der Waals surface area contributed by atoms with Gasteiger partial charge in [-0.25, -0.2) is 8.51 Å². The molecule has 1 heterocycles. The molecule has 0 radical (unpaired) electrons. The van der Waals surface area contributed by atoms with Crippen molar-refractivity contribution in [2.24, 2.45) is 0 Å². The van der Waals surface area contributed by atoms with Gasteiger partial charge in [0.15, 0.2) is 0 Å². The molecule has 0 N–H and O–H groups in total. The van der Waals surface area contributed by atoms with Crippen LogP contribution in [0.25, 0.3) is 0 Å². The Morgan fingerprint density at radius 1 is 1.33 bits per heavy atom. The van der Waals surface area contributed by atoms with Crippen LogP contribution >= 0.6 is 0 Å². The van der Waals surface area contributed by atoms with Crippen LogP contribution in [0.15, 0.2) is 29.2 Å². The summed E-state index contributed by atoms with van der Waals surface area (Å²) in [7, 11) is -1.09. The van der Waals surface area contributed by atoms with E-state index >= 15 is 0 Å². The molecule has 1 unspecified atom stereocenters. The molecule has 0 spiro atoms. The van der Waals surface area contributed by atoms with Crippen LogP contribution in [-0.4, -0.2) is 21.6 Å². The highest BCUT2D eigenvalue weighted by molar-refractivity contribution is 7.82. The summed E-state index contributed by atoms with van der Waals surface area (Å²) in [5, 5.41) is 8.75. The first-order valence-electron chi connectivity index (χ1n) is 4.98. The first-order chi connectivity index (χ1) is 7.31. The first kappa shape index (κ1) is 10.3. The van der Waals surface area contributed by atoms with Crippen LogP contribution in [0.2, 0.25) is 0 Å². The van der Waals surface area contributed by atoms with E-state index in [0.717, 1.165) is 30.8 Å². The minimum Gasteiger partial charge on any atom is -0.237 e. The van der Waals surface area contributed by atoms with E-state index in [1.165, 1.54) is 0 Å². The molecule has 1 aromatic rings. The van der Waals surface area contributed by atoms with Gasteiger partial charge < -0.3 is 0 Å². The average molecular weight is 220 g/mol. The normalized spacial score (nSPS) is 18.6. The van der Waals surface area contributed by atoms with E-state index in [2.05, 4.69) is 6.07 Å². The third kappa shape index (κ3) is 2.25. The van der Waals surface area contributed by atoms with Crippen LogP contribution in [0.3, 0.4) is 0 Å². The van der Waals surface area contributed by atoms with Gasteiger partial charge in [0.2, 0.25) is 0 Å². The standard InChI is InChI=1S/C11H12N2OS/c12-9-10-4-3-5-11(8-10)15(14)13-6-1-2-7-13/h3-5,8H,1-2,6-7H2. The van der Waals surface area contributed by atoms with Gasteiger partial charge in [-0.15, -0.1) is 0 Å². The highest BCUT2D eigenvalue weighted by atomic mass is 32.2. The van der Waals surface area contributed by atoms with E-state index in [1.54, 1.807) is 18.2 Å². The minimum atomic E-state index is -1.09. The highest BCUT2D eigenvalue weighted by Gasteiger charge is 2.19. The maximum absolute atomic E-state index is 12.0. The summed E-state index contributed by atoms with van der Waals surface area (Å²) in [6.45, 7) is 1.78. The van der Waals surface area contributed by atoms with Crippen molar-refractivity contribution in [1.82, 2.24) is 4.31 Å². The van der Waals surface area contributed by atoms with Crippen LogP contribution in [-0.2, 0) is 11.0 Å². The zero-order chi connectivity index (χ0) is 10.7. The molecular weight excluding hydrogens is 208 g/mol. The minimum absolute atomic E-state index is 0.569. The van der Waals surface area contributed by atoms with Crippen LogP contribution in [0.4, 0.5) is 0 Å². The van der Waals surface area contributed by atoms with Crippen molar-refractivity contribution in [3.05, 3.63) is 29.8 Å². The summed E-state index contributed by atoms with van der Waals surface area (Å²) in [6.07, 6.45) is 2.23. The van der Waals surface area contributed by atoms with Crippen LogP contribution in [0.1, 0.15) is 18.4 Å². The molecule has 1 aliphatic heterocycles. The first-order valence-corrected chi connectivity index (χ1v) is 6.09. The maximum atomic E-state index is 12.0. The molecule has 0 amide bonds. The quantitative estimate of drug-likeness (QED) is 0.761. The van der Waals surface area contributed by atoms with Gasteiger partial charge in [-0.2, -0.15) is 5.26 Å². The summed E-state index contributed by atoms with van der Waals surface area (Å²) in [5.74, 6) is 0. The van der Waals surface area contributed by atoms with Crippen molar-refractivity contribution in [2.45, 2.75) is 17.7 Å². The van der Waals surface area contributed by atoms with Gasteiger partial charge >= 0.3 is 0 Å². The molecule has 4 heteroatoms. The van der Waals surface area contributed by atoms with Gasteiger partial charge in [-0.1, -0.05) is 6.07 Å². The number of nitriles is 1. The van der Waals surface area contributed by atoms with Crippen LogP contribution < -0.4 is 0 Å². The Kier molecular flexibility index (Phi) is 3.14. The third-order valence-corrected chi connectivity index (χ3v) is 3.96. The second kappa shape index (κ2) is 4.56. The monoisotopic (exact) mass is 220 g/mol. The summed E-state index contributed by atoms with van der Waals surface area (Å²) >= 11 is 0. The lowest BCUT2D eigenvalue weighted by atomic mass is 10.2. The van der Waals surface area contributed by atoms with Crippen LogP contribution in [0, 0.1) is 11.3 Å². The van der Waals surface area contributed by atoms with E-state index in [1.807, 2.05) is 10.4 Å². The maximum Gasteiger partial charge on any atom is 0.127 e. The summed E-state index contributed by atoms with van der Waals surface area (Å²) in [6, 6.07) is 9.08. The molecule has 1 aromatic carbocycles. The van der Waals surface area contributed by atoms with Gasteiger partial charge in [0, 0.05) is 13.1 Å². The fourth-order valence-corrected chi connectivity index (χ4v) is 2.99. The van der Waals surface area contributed by atoms with Crippen molar-refractivity contribution in [3.63, 3.8) is 0 Å². The lowest BCUT2D eigenvalue weighted by Crippen LogP contribution is -2.22. The van der Waals surface area contributed by atoms with Gasteiger partial charge in [-0.3, -0.25) is 0 Å². The average Bonchev–Trinajstić information content (AvgIpc) is 2.81. The SMILES string of the molecule is N#Cc1cccc(S(=O)N2CCCC2)c1. The van der Waals surface area contributed by atoms with Crippen molar-refractivity contribution in [3.8, 4) is 6.07 Å². The number of rotatable bonds is 2. The largest absolute Gasteiger partial charge is 0.237 e. The molecule has 15 heavy (non-hydrogen) atoms. The molecule has 3 nitrogen and oxygen atoms in total. The summed E-state index contributed by atoms with van der Waals surface area (Å²) < 4.78 is 14.0. The number of nitrogens with zero attached hydrogens (tertiary/aromatic N) is 2. The molecule has 1 atom stereocenters. The molecule has 0 saturated carbocycles. The molecular formula is C11H12N2OS. The van der Waals surface area contributed by atoms with Crippen molar-refractivity contribution in [1.29, 1.82) is 5.26 Å². The Balaban J connectivity index is 2.21. The van der Waals surface area contributed by atoms with Crippen LogP contribution in [0.5, 0.6) is 0 Å². The molecule has 1 aliphatic rings. The molecule has 2 rings (SSSR count). The van der Waals surface area contributed by atoms with Gasteiger partial charge in [0.1, 0.15) is 11.0 Å². The molecule has 1 saturated heterocycles. The molecule has 0 aliphatic carbocycles. The van der Waals surface area contributed by atoms with Crippen molar-refractivity contribution < 1.29 is 4.21 Å². The smallest absolute Gasteiger partial charge is 0.127 e. The second-order valence-corrected chi connectivity index (χ2v) is 5.01. The third-order valence-electron chi connectivity index (χ3n) is 2.46. The fraction of sp³-hybridized carbons (Fsp3) is 0.364. The zero-order valence-electron chi connectivity index (χ0n) is 8.35. The van der Waals surface area contributed by atoms with E-state index in [4.69, 9.17) is 5.26 Å². The molecule has 0 aromatic heterocycles. The van der Waals surface area contributed by atoms with E-state index in [0.29, 0.717) is 5.56 Å². The zero-order valence-corrected chi connectivity index (χ0v) is 9.17. The molecule has 0 bridgehead atoms. The summed E-state index contributed by atoms with van der Waals surface area (Å²) in [4.78, 5) is 0.732. The Hall–Kier alpha value is -1.18. The van der Waals surface area contributed by atoms with Gasteiger partial charge in [0.05, 0.1) is 16.5 Å². The van der Waals surface area contributed by atoms with Crippen molar-refractivity contribution >= 4 is 11.0 Å². The van der Waals surface area contributed by atoms with Crippen molar-refractivity contribution in [2.75, 3.05) is 13.1 Å². The van der Waals surface area contributed by atoms with Gasteiger partial charge in [0.25, 0.3) is 0 Å². The fourth-order valence-electron chi connectivity index (χ4n) is 1.68. The lowest BCUT2D eigenvalue weighted by molar-refractivity contribution is 0.536. The highest BCUT2D eigenvalue weighted by Crippen LogP contribution is 2.17. The van der Waals surface area contributed by atoms with Gasteiger partial charge in [-0.05, 0) is 31.0 Å². The molecule has 1 fully saturated rings.